The molecule has 0 aromatic heterocycles. The Kier molecular flexibility index (Phi) is 4.04. The summed E-state index contributed by atoms with van der Waals surface area (Å²) in [6.07, 6.45) is 5.78. The first kappa shape index (κ1) is 16.4. The van der Waals surface area contributed by atoms with Crippen molar-refractivity contribution in [1.82, 2.24) is 0 Å². The molecule has 1 heterocycles. The second kappa shape index (κ2) is 5.90. The zero-order valence-corrected chi connectivity index (χ0v) is 14.7. The minimum Gasteiger partial charge on any atom is -0.507 e. The Bertz CT molecular complexity index is 816. The summed E-state index contributed by atoms with van der Waals surface area (Å²) in [6, 6.07) is 7.70. The van der Waals surface area contributed by atoms with E-state index < -0.39 is 5.60 Å². The van der Waals surface area contributed by atoms with Gasteiger partial charge in [-0.1, -0.05) is 49.3 Å². The zero-order chi connectivity index (χ0) is 17.5. The molecule has 2 N–H and O–H groups in total. The van der Waals surface area contributed by atoms with Crippen LogP contribution in [0.2, 0.25) is 0 Å². The molecule has 0 amide bonds. The predicted octanol–water partition coefficient (Wildman–Crippen LogP) is 5.51. The van der Waals surface area contributed by atoms with E-state index in [4.69, 9.17) is 4.74 Å². The molecule has 2 aromatic rings. The highest BCUT2D eigenvalue weighted by Crippen LogP contribution is 2.54. The summed E-state index contributed by atoms with van der Waals surface area (Å²) in [7, 11) is 0. The number of hydrogen-bond donors (Lipinski definition) is 2. The topological polar surface area (TPSA) is 49.7 Å². The Morgan fingerprint density at radius 3 is 2.62 bits per heavy atom. The number of rotatable bonds is 3. The second-order valence-corrected chi connectivity index (χ2v) is 6.89. The van der Waals surface area contributed by atoms with Gasteiger partial charge in [-0.2, -0.15) is 0 Å². The Hall–Kier alpha value is -2.42. The molecule has 0 saturated carbocycles. The van der Waals surface area contributed by atoms with Gasteiger partial charge in [0.2, 0.25) is 0 Å². The Morgan fingerprint density at radius 1 is 1.17 bits per heavy atom. The van der Waals surface area contributed by atoms with Crippen molar-refractivity contribution < 1.29 is 14.9 Å². The van der Waals surface area contributed by atoms with Crippen molar-refractivity contribution in [3.05, 3.63) is 47.0 Å². The molecule has 0 unspecified atom stereocenters. The lowest BCUT2D eigenvalue weighted by Crippen LogP contribution is -2.29. The highest BCUT2D eigenvalue weighted by atomic mass is 16.5. The summed E-state index contributed by atoms with van der Waals surface area (Å²) >= 11 is 0. The van der Waals surface area contributed by atoms with Gasteiger partial charge in [-0.3, -0.25) is 0 Å². The SMILES string of the molecule is CCCC=Cc1cc(O)c2c(c1O)OC(C)(C)c1ccc(C)cc1-2. The number of benzene rings is 2. The number of aromatic hydroxyl groups is 2. The molecule has 1 aliphatic rings. The van der Waals surface area contributed by atoms with E-state index in [1.807, 2.05) is 51.1 Å². The number of aryl methyl sites for hydroxylation is 1. The molecule has 3 nitrogen and oxygen atoms in total. The van der Waals surface area contributed by atoms with E-state index in [1.165, 1.54) is 0 Å². The van der Waals surface area contributed by atoms with Crippen LogP contribution in [-0.2, 0) is 5.60 Å². The molecule has 0 atom stereocenters. The van der Waals surface area contributed by atoms with Crippen LogP contribution in [0.4, 0.5) is 0 Å². The van der Waals surface area contributed by atoms with Gasteiger partial charge < -0.3 is 14.9 Å². The largest absolute Gasteiger partial charge is 0.507 e. The van der Waals surface area contributed by atoms with Crippen molar-refractivity contribution in [2.24, 2.45) is 0 Å². The lowest BCUT2D eigenvalue weighted by Gasteiger charge is -2.36. The minimum absolute atomic E-state index is 0.0791. The van der Waals surface area contributed by atoms with Crippen LogP contribution in [0.15, 0.2) is 30.3 Å². The highest BCUT2D eigenvalue weighted by Gasteiger charge is 2.36. The number of allylic oxidation sites excluding steroid dienone is 1. The Balaban J connectivity index is 2.24. The average molecular weight is 324 g/mol. The van der Waals surface area contributed by atoms with Crippen LogP contribution in [0.1, 0.15) is 50.3 Å². The third kappa shape index (κ3) is 2.64. The van der Waals surface area contributed by atoms with Gasteiger partial charge in [0.1, 0.15) is 11.4 Å². The van der Waals surface area contributed by atoms with Crippen LogP contribution in [0.25, 0.3) is 17.2 Å². The molecule has 2 aromatic carbocycles. The van der Waals surface area contributed by atoms with Crippen molar-refractivity contribution in [3.63, 3.8) is 0 Å². The Labute approximate surface area is 143 Å². The van der Waals surface area contributed by atoms with Gasteiger partial charge in [0.15, 0.2) is 11.5 Å². The van der Waals surface area contributed by atoms with Crippen LogP contribution in [0.3, 0.4) is 0 Å². The molecule has 0 saturated heterocycles. The fourth-order valence-electron chi connectivity index (χ4n) is 3.22. The van der Waals surface area contributed by atoms with Gasteiger partial charge in [-0.15, -0.1) is 0 Å². The van der Waals surface area contributed by atoms with Crippen LogP contribution in [0.5, 0.6) is 17.2 Å². The second-order valence-electron chi connectivity index (χ2n) is 6.89. The molecule has 126 valence electrons. The number of unbranched alkanes of at least 4 members (excludes halogenated alkanes) is 1. The molecule has 3 rings (SSSR count). The van der Waals surface area contributed by atoms with Crippen molar-refractivity contribution in [2.45, 2.75) is 46.1 Å². The highest BCUT2D eigenvalue weighted by molar-refractivity contribution is 5.86. The molecule has 3 heteroatoms. The summed E-state index contributed by atoms with van der Waals surface area (Å²) in [6.45, 7) is 8.06. The van der Waals surface area contributed by atoms with E-state index in [9.17, 15) is 10.2 Å². The minimum atomic E-state index is -0.578. The average Bonchev–Trinajstić information content (AvgIpc) is 2.51. The lowest BCUT2D eigenvalue weighted by atomic mass is 9.84. The van der Waals surface area contributed by atoms with E-state index >= 15 is 0 Å². The van der Waals surface area contributed by atoms with E-state index in [0.717, 1.165) is 29.5 Å². The van der Waals surface area contributed by atoms with Crippen molar-refractivity contribution in [1.29, 1.82) is 0 Å². The molecule has 1 aliphatic heterocycles. The van der Waals surface area contributed by atoms with E-state index in [1.54, 1.807) is 6.07 Å². The fourth-order valence-corrected chi connectivity index (χ4v) is 3.22. The van der Waals surface area contributed by atoms with Crippen molar-refractivity contribution >= 4 is 6.08 Å². The normalized spacial score (nSPS) is 15.0. The predicted molar refractivity (Wildman–Crippen MR) is 97.5 cm³/mol. The van der Waals surface area contributed by atoms with Crippen molar-refractivity contribution in [2.75, 3.05) is 0 Å². The van der Waals surface area contributed by atoms with Crippen LogP contribution < -0.4 is 4.74 Å². The third-order valence-electron chi connectivity index (χ3n) is 4.47. The number of phenols is 2. The van der Waals surface area contributed by atoms with Gasteiger partial charge in [0.25, 0.3) is 0 Å². The van der Waals surface area contributed by atoms with Gasteiger partial charge in [-0.05, 0) is 38.8 Å². The quantitative estimate of drug-likeness (QED) is 0.731. The number of phenolic OH excluding ortho intramolecular Hbond substituents is 2. The monoisotopic (exact) mass is 324 g/mol. The number of hydrogen-bond acceptors (Lipinski definition) is 3. The first-order valence-electron chi connectivity index (χ1n) is 8.41. The van der Waals surface area contributed by atoms with Gasteiger partial charge in [0, 0.05) is 11.1 Å². The maximum Gasteiger partial charge on any atom is 0.174 e. The van der Waals surface area contributed by atoms with Gasteiger partial charge >= 0.3 is 0 Å². The summed E-state index contributed by atoms with van der Waals surface area (Å²) in [5, 5.41) is 21.3. The number of ether oxygens (including phenoxy) is 1. The van der Waals surface area contributed by atoms with Gasteiger partial charge in [0.05, 0.1) is 5.56 Å². The summed E-state index contributed by atoms with van der Waals surface area (Å²) in [4.78, 5) is 0. The zero-order valence-electron chi connectivity index (χ0n) is 14.7. The fraction of sp³-hybridized carbons (Fsp3) is 0.333. The molecule has 0 fully saturated rings. The molecule has 24 heavy (non-hydrogen) atoms. The first-order chi connectivity index (χ1) is 11.3. The molecule has 0 radical (unpaired) electrons. The van der Waals surface area contributed by atoms with Crippen molar-refractivity contribution in [3.8, 4) is 28.4 Å². The molecule has 0 bridgehead atoms. The maximum atomic E-state index is 10.7. The van der Waals surface area contributed by atoms with Crippen LogP contribution in [-0.4, -0.2) is 10.2 Å². The van der Waals surface area contributed by atoms with E-state index in [-0.39, 0.29) is 11.5 Å². The summed E-state index contributed by atoms with van der Waals surface area (Å²) < 4.78 is 6.10. The van der Waals surface area contributed by atoms with Gasteiger partial charge in [-0.25, -0.2) is 0 Å². The Morgan fingerprint density at radius 2 is 1.92 bits per heavy atom. The standard InChI is InChI=1S/C21H24O3/c1-5-6-7-8-14-12-17(22)18-15-11-13(2)9-10-16(15)21(3,4)24-20(18)19(14)23/h7-12,22-23H,5-6H2,1-4H3. The van der Waals surface area contributed by atoms with E-state index in [0.29, 0.717) is 16.9 Å². The summed E-state index contributed by atoms with van der Waals surface area (Å²) in [5.74, 6) is 0.561. The number of fused-ring (bicyclic) bond motifs is 3. The molecule has 0 spiro atoms. The third-order valence-corrected chi connectivity index (χ3v) is 4.47. The smallest absolute Gasteiger partial charge is 0.174 e. The molecular weight excluding hydrogens is 300 g/mol. The molecular formula is C21H24O3. The molecule has 0 aliphatic carbocycles. The lowest BCUT2D eigenvalue weighted by molar-refractivity contribution is 0.101. The van der Waals surface area contributed by atoms with Crippen LogP contribution >= 0.6 is 0 Å². The summed E-state index contributed by atoms with van der Waals surface area (Å²) in [5.41, 5.74) is 3.59. The van der Waals surface area contributed by atoms with Crippen LogP contribution in [0, 0.1) is 6.92 Å². The maximum absolute atomic E-state index is 10.7. The van der Waals surface area contributed by atoms with E-state index in [2.05, 4.69) is 6.92 Å². The first-order valence-corrected chi connectivity index (χ1v) is 8.41.